The topological polar surface area (TPSA) is 73.7 Å². The van der Waals surface area contributed by atoms with Crippen LogP contribution in [0.1, 0.15) is 48.5 Å². The summed E-state index contributed by atoms with van der Waals surface area (Å²) in [6, 6.07) is 0. The van der Waals surface area contributed by atoms with Gasteiger partial charge in [-0.15, -0.1) is 0 Å². The van der Waals surface area contributed by atoms with Gasteiger partial charge in [0.1, 0.15) is 0 Å². The predicted octanol–water partition coefficient (Wildman–Crippen LogP) is 3.04. The largest absolute Gasteiger partial charge is 0.388 e. The fraction of sp³-hybridized carbons (Fsp3) is 0.778. The Bertz CT molecular complexity index is 67.8. The van der Waals surface area contributed by atoms with Crippen molar-refractivity contribution >= 4 is 11.5 Å². The summed E-state index contributed by atoms with van der Waals surface area (Å²) >= 11 is 0. The third-order valence-corrected chi connectivity index (χ3v) is 0. The molecule has 0 saturated carbocycles. The molecule has 0 aromatic rings. The molecule has 4 N–H and O–H groups in total. The number of nitrogens with one attached hydrogen (secondary N) is 2. The van der Waals surface area contributed by atoms with Crippen molar-refractivity contribution in [1.82, 2.24) is 0 Å². The van der Waals surface area contributed by atoms with Crippen LogP contribution in [0.15, 0.2) is 0 Å². The van der Waals surface area contributed by atoms with Crippen molar-refractivity contribution in [2.24, 2.45) is 5.73 Å². The second-order valence-corrected chi connectivity index (χ2v) is 1.68. The van der Waals surface area contributed by atoms with E-state index in [1.54, 1.807) is 13.8 Å². The molecule has 0 saturated heterocycles. The minimum Gasteiger partial charge on any atom is -0.388 e. The lowest BCUT2D eigenvalue weighted by Crippen LogP contribution is -2.00. The molecule has 76 valence electrons. The van der Waals surface area contributed by atoms with E-state index >= 15 is 0 Å². The third-order valence-electron chi connectivity index (χ3n) is 0. The van der Waals surface area contributed by atoms with E-state index in [0.717, 1.165) is 0 Å². The fourth-order valence-electron chi connectivity index (χ4n) is 0. The molecule has 0 spiro atoms. The van der Waals surface area contributed by atoms with E-state index in [4.69, 9.17) is 16.6 Å². The molecule has 0 aliphatic heterocycles. The predicted molar refractivity (Wildman–Crippen MR) is 59.4 cm³/mol. The zero-order chi connectivity index (χ0) is 11.2. The first-order valence-electron chi connectivity index (χ1n) is 4.29. The summed E-state index contributed by atoms with van der Waals surface area (Å²) in [6.45, 7) is 13.0. The Morgan fingerprint density at radius 3 is 0.833 bits per heavy atom. The van der Waals surface area contributed by atoms with Crippen LogP contribution in [0.5, 0.6) is 0 Å². The van der Waals surface area contributed by atoms with Gasteiger partial charge in [-0.05, 0) is 20.8 Å². The number of nitrogens with two attached hydrogens (primary N) is 1. The van der Waals surface area contributed by atoms with Crippen LogP contribution in [0, 0.1) is 10.8 Å². The van der Waals surface area contributed by atoms with Crippen LogP contribution in [0.2, 0.25) is 0 Å². The summed E-state index contributed by atoms with van der Waals surface area (Å²) in [7, 11) is 0. The molecule has 0 unspecified atom stereocenters. The number of hydrogen-bond donors (Lipinski definition) is 3. The van der Waals surface area contributed by atoms with Crippen molar-refractivity contribution in [3.63, 3.8) is 0 Å². The minimum atomic E-state index is 0.167. The van der Waals surface area contributed by atoms with Crippen LogP contribution in [-0.2, 0) is 0 Å². The monoisotopic (exact) mass is 175 g/mol. The van der Waals surface area contributed by atoms with Gasteiger partial charge in [0, 0.05) is 5.71 Å². The average molecular weight is 175 g/mol. The van der Waals surface area contributed by atoms with E-state index in [-0.39, 0.29) is 5.84 Å². The molecule has 3 nitrogen and oxygen atoms in total. The van der Waals surface area contributed by atoms with Gasteiger partial charge in [-0.25, -0.2) is 0 Å². The van der Waals surface area contributed by atoms with Crippen molar-refractivity contribution in [3.8, 4) is 0 Å². The number of hydrogen-bond acceptors (Lipinski definition) is 2. The first-order valence-corrected chi connectivity index (χ1v) is 4.29. The lowest BCUT2D eigenvalue weighted by atomic mass is 10.5. The van der Waals surface area contributed by atoms with Gasteiger partial charge in [0.25, 0.3) is 0 Å². The lowest BCUT2D eigenvalue weighted by Gasteiger charge is -1.66. The Labute approximate surface area is 77.4 Å². The average Bonchev–Trinajstić information content (AvgIpc) is 1.93. The van der Waals surface area contributed by atoms with Crippen molar-refractivity contribution < 1.29 is 0 Å². The van der Waals surface area contributed by atoms with E-state index in [1.165, 1.54) is 6.92 Å². The summed E-state index contributed by atoms with van der Waals surface area (Å²) in [6.07, 6.45) is 0. The third kappa shape index (κ3) is 819. The van der Waals surface area contributed by atoms with Crippen LogP contribution in [-0.4, -0.2) is 11.5 Å². The Hall–Kier alpha value is -0.860. The summed E-state index contributed by atoms with van der Waals surface area (Å²) in [4.78, 5) is 0. The highest BCUT2D eigenvalue weighted by atomic mass is 14.7. The van der Waals surface area contributed by atoms with Gasteiger partial charge >= 0.3 is 0 Å². The van der Waals surface area contributed by atoms with E-state index in [0.29, 0.717) is 5.71 Å². The maximum absolute atomic E-state index is 6.50. The second-order valence-electron chi connectivity index (χ2n) is 1.68. The number of rotatable bonds is 0. The quantitative estimate of drug-likeness (QED) is 0.384. The van der Waals surface area contributed by atoms with E-state index in [2.05, 4.69) is 0 Å². The fourth-order valence-corrected chi connectivity index (χ4v) is 0. The van der Waals surface area contributed by atoms with Gasteiger partial charge in [0.05, 0.1) is 5.84 Å². The van der Waals surface area contributed by atoms with Gasteiger partial charge in [0.2, 0.25) is 0 Å². The molecule has 0 aliphatic carbocycles. The van der Waals surface area contributed by atoms with E-state index < -0.39 is 0 Å². The molecule has 0 radical (unpaired) electrons. The molecule has 0 heterocycles. The molecular weight excluding hydrogens is 150 g/mol. The van der Waals surface area contributed by atoms with Gasteiger partial charge in [-0.2, -0.15) is 0 Å². The van der Waals surface area contributed by atoms with Gasteiger partial charge < -0.3 is 11.1 Å². The van der Waals surface area contributed by atoms with Crippen LogP contribution in [0.25, 0.3) is 0 Å². The maximum atomic E-state index is 6.50. The Morgan fingerprint density at radius 2 is 0.833 bits per heavy atom. The van der Waals surface area contributed by atoms with Gasteiger partial charge in [-0.3, -0.25) is 5.41 Å². The van der Waals surface area contributed by atoms with Crippen LogP contribution in [0.3, 0.4) is 0 Å². The van der Waals surface area contributed by atoms with E-state index in [1.807, 2.05) is 27.7 Å². The summed E-state index contributed by atoms with van der Waals surface area (Å²) < 4.78 is 0. The summed E-state index contributed by atoms with van der Waals surface area (Å²) in [5.41, 5.74) is 5.36. The summed E-state index contributed by atoms with van der Waals surface area (Å²) in [5, 5.41) is 12.8. The Balaban J connectivity index is -0.0000000380. The molecule has 0 amide bonds. The normalized spacial score (nSPS) is 5.25. The van der Waals surface area contributed by atoms with E-state index in [9.17, 15) is 0 Å². The second kappa shape index (κ2) is 32.1. The van der Waals surface area contributed by atoms with Gasteiger partial charge in [0.15, 0.2) is 0 Å². The van der Waals surface area contributed by atoms with Crippen LogP contribution in [0.4, 0.5) is 0 Å². The van der Waals surface area contributed by atoms with Crippen molar-refractivity contribution in [3.05, 3.63) is 0 Å². The van der Waals surface area contributed by atoms with Crippen LogP contribution < -0.4 is 5.73 Å². The minimum absolute atomic E-state index is 0.167. The molecule has 12 heavy (non-hydrogen) atoms. The molecule has 0 aliphatic rings. The molecule has 0 atom stereocenters. The maximum Gasteiger partial charge on any atom is 0.0873 e. The van der Waals surface area contributed by atoms with Gasteiger partial charge in [-0.1, -0.05) is 27.7 Å². The highest BCUT2D eigenvalue weighted by molar-refractivity contribution is 5.75. The lowest BCUT2D eigenvalue weighted by molar-refractivity contribution is 1.42. The standard InChI is InChI=1S/C3H7N.C2H6N2.2C2H6/c1-3(2)4;1-2(3)4;2*1-2/h4H,1-2H3;1H3,(H3,3,4);2*1-2H3. The molecule has 0 fully saturated rings. The van der Waals surface area contributed by atoms with Crippen LogP contribution >= 0.6 is 0 Å². The number of amidine groups is 1. The molecular formula is C9H25N3. The SMILES string of the molecule is CC.CC.CC(=N)N.CC(C)=N. The zero-order valence-electron chi connectivity index (χ0n) is 9.58. The van der Waals surface area contributed by atoms with Crippen molar-refractivity contribution in [2.45, 2.75) is 48.5 Å². The molecule has 3 heteroatoms. The first kappa shape index (κ1) is 22.5. The Kier molecular flexibility index (Phi) is 60.0. The molecule has 0 aromatic heterocycles. The molecule has 0 aromatic carbocycles. The smallest absolute Gasteiger partial charge is 0.0873 e. The molecule has 0 bridgehead atoms. The highest BCUT2D eigenvalue weighted by Crippen LogP contribution is 1.52. The zero-order valence-corrected chi connectivity index (χ0v) is 9.58. The van der Waals surface area contributed by atoms with Crippen molar-refractivity contribution in [1.29, 1.82) is 10.8 Å². The summed E-state index contributed by atoms with van der Waals surface area (Å²) in [5.74, 6) is 0.167. The molecule has 0 rings (SSSR count). The Morgan fingerprint density at radius 1 is 0.833 bits per heavy atom. The highest BCUT2D eigenvalue weighted by Gasteiger charge is 1.55. The van der Waals surface area contributed by atoms with Crippen molar-refractivity contribution in [2.75, 3.05) is 0 Å². The first-order chi connectivity index (χ1) is 5.46.